The molecule has 1 saturated heterocycles. The molecular formula is C21H26N2O2. The summed E-state index contributed by atoms with van der Waals surface area (Å²) in [6.07, 6.45) is 7.80. The van der Waals surface area contributed by atoms with Crippen molar-refractivity contribution in [3.05, 3.63) is 42.0 Å². The minimum atomic E-state index is -0.101. The lowest BCUT2D eigenvalue weighted by molar-refractivity contribution is -0.151. The molecule has 5 atom stereocenters. The van der Waals surface area contributed by atoms with Crippen LogP contribution in [-0.4, -0.2) is 43.2 Å². The van der Waals surface area contributed by atoms with E-state index >= 15 is 0 Å². The Labute approximate surface area is 149 Å². The Morgan fingerprint density at radius 2 is 2.24 bits per heavy atom. The average Bonchev–Trinajstić information content (AvgIpc) is 3.21. The van der Waals surface area contributed by atoms with Crippen molar-refractivity contribution in [2.45, 2.75) is 43.7 Å². The number of hydrogen-bond donors (Lipinski definition) is 1. The lowest BCUT2D eigenvalue weighted by Gasteiger charge is -2.57. The number of anilines is 1. The molecule has 1 N–H and O–H groups in total. The summed E-state index contributed by atoms with van der Waals surface area (Å²) in [5, 5.41) is 3.74. The summed E-state index contributed by atoms with van der Waals surface area (Å²) in [7, 11) is 1.53. The van der Waals surface area contributed by atoms with Crippen LogP contribution in [0, 0.1) is 11.3 Å². The van der Waals surface area contributed by atoms with Crippen LogP contribution in [0.25, 0.3) is 0 Å². The Balaban J connectivity index is 1.75. The summed E-state index contributed by atoms with van der Waals surface area (Å²) in [6.45, 7) is 4.42. The van der Waals surface area contributed by atoms with Crippen LogP contribution >= 0.6 is 0 Å². The summed E-state index contributed by atoms with van der Waals surface area (Å²) in [4.78, 5) is 15.4. The second kappa shape index (κ2) is 5.10. The van der Waals surface area contributed by atoms with Gasteiger partial charge in [-0.05, 0) is 37.4 Å². The molecule has 0 aromatic heterocycles. The number of carbonyl (C=O) groups excluding carboxylic acids is 1. The second-order valence-corrected chi connectivity index (χ2v) is 8.18. The van der Waals surface area contributed by atoms with Crippen LogP contribution in [-0.2, 0) is 14.9 Å². The fourth-order valence-electron chi connectivity index (χ4n) is 6.59. The highest BCUT2D eigenvalue weighted by molar-refractivity contribution is 5.78. The fraction of sp³-hybridized carbons (Fsp3) is 0.571. The largest absolute Gasteiger partial charge is 0.469 e. The van der Waals surface area contributed by atoms with E-state index < -0.39 is 0 Å². The van der Waals surface area contributed by atoms with Gasteiger partial charge in [0.1, 0.15) is 0 Å². The van der Waals surface area contributed by atoms with E-state index in [1.807, 2.05) is 0 Å². The molecule has 0 unspecified atom stereocenters. The molecule has 4 nitrogen and oxygen atoms in total. The zero-order valence-electron chi connectivity index (χ0n) is 15.0. The summed E-state index contributed by atoms with van der Waals surface area (Å²) >= 11 is 0. The second-order valence-electron chi connectivity index (χ2n) is 8.18. The molecule has 25 heavy (non-hydrogen) atoms. The van der Waals surface area contributed by atoms with E-state index in [9.17, 15) is 4.79 Å². The van der Waals surface area contributed by atoms with Gasteiger partial charge in [-0.2, -0.15) is 0 Å². The number of hydrogen-bond acceptors (Lipinski definition) is 4. The van der Waals surface area contributed by atoms with Crippen LogP contribution in [0.1, 0.15) is 31.7 Å². The number of rotatable bonds is 2. The fourth-order valence-corrected chi connectivity index (χ4v) is 6.59. The minimum absolute atomic E-state index is 0.00840. The summed E-state index contributed by atoms with van der Waals surface area (Å²) < 4.78 is 5.25. The van der Waals surface area contributed by atoms with E-state index in [1.165, 1.54) is 18.4 Å². The van der Waals surface area contributed by atoms with E-state index in [2.05, 4.69) is 53.6 Å². The van der Waals surface area contributed by atoms with Crippen molar-refractivity contribution in [1.29, 1.82) is 0 Å². The van der Waals surface area contributed by atoms with Crippen molar-refractivity contribution in [2.75, 3.05) is 25.5 Å². The van der Waals surface area contributed by atoms with Gasteiger partial charge in [-0.15, -0.1) is 0 Å². The molecule has 132 valence electrons. The Bertz CT molecular complexity index is 760. The first-order valence-corrected chi connectivity index (χ1v) is 9.52. The van der Waals surface area contributed by atoms with Gasteiger partial charge in [-0.1, -0.05) is 37.3 Å². The number of nitrogens with zero attached hydrogens (tertiary/aromatic N) is 1. The highest BCUT2D eigenvalue weighted by atomic mass is 16.5. The molecule has 1 aliphatic carbocycles. The number of esters is 1. The molecule has 4 heteroatoms. The first-order valence-electron chi connectivity index (χ1n) is 9.52. The van der Waals surface area contributed by atoms with Crippen LogP contribution in [0.5, 0.6) is 0 Å². The molecule has 2 fully saturated rings. The normalized spacial score (nSPS) is 40.8. The zero-order chi connectivity index (χ0) is 17.2. The number of methoxy groups -OCH3 is 1. The lowest BCUT2D eigenvalue weighted by atomic mass is 9.51. The number of carbonyl (C=O) groups is 1. The van der Waals surface area contributed by atoms with Crippen LogP contribution in [0.3, 0.4) is 0 Å². The van der Waals surface area contributed by atoms with Gasteiger partial charge in [-0.25, -0.2) is 0 Å². The average molecular weight is 338 g/mol. The molecule has 0 radical (unpaired) electrons. The molecule has 3 heterocycles. The standard InChI is InChI=1S/C21H26N2O2/c1-3-20-9-6-11-23-12-10-21(19(20)23)15-7-4-5-8-16(15)22-17(21)14(13-20)18(24)25-2/h4-9,14,17,19,22H,3,10-13H2,1-2H3/t14-,17+,19+,20+,21-/m1/s1. The van der Waals surface area contributed by atoms with E-state index in [0.29, 0.717) is 6.04 Å². The predicted octanol–water partition coefficient (Wildman–Crippen LogP) is 2.95. The van der Waals surface area contributed by atoms with Gasteiger partial charge in [-0.3, -0.25) is 9.69 Å². The topological polar surface area (TPSA) is 41.6 Å². The maximum atomic E-state index is 12.8. The van der Waals surface area contributed by atoms with Gasteiger partial charge in [0.05, 0.1) is 19.1 Å². The van der Waals surface area contributed by atoms with Crippen molar-refractivity contribution >= 4 is 11.7 Å². The summed E-state index contributed by atoms with van der Waals surface area (Å²) in [5.41, 5.74) is 2.69. The molecule has 3 aliphatic heterocycles. The maximum absolute atomic E-state index is 12.8. The number of benzene rings is 1. The SMILES string of the molecule is CC[C@]12C=CCN3CC[C@]4(c5ccccc5N[C@H]4[C@H](C(=O)OC)C1)[C@@H]32. The minimum Gasteiger partial charge on any atom is -0.469 e. The number of fused-ring (bicyclic) bond motifs is 1. The molecule has 1 spiro atoms. The van der Waals surface area contributed by atoms with E-state index in [1.54, 1.807) is 0 Å². The van der Waals surface area contributed by atoms with Gasteiger partial charge < -0.3 is 10.1 Å². The van der Waals surface area contributed by atoms with Gasteiger partial charge >= 0.3 is 5.97 Å². The maximum Gasteiger partial charge on any atom is 0.310 e. The van der Waals surface area contributed by atoms with Crippen molar-refractivity contribution < 1.29 is 9.53 Å². The Morgan fingerprint density at radius 1 is 1.40 bits per heavy atom. The van der Waals surface area contributed by atoms with Crippen LogP contribution < -0.4 is 5.32 Å². The van der Waals surface area contributed by atoms with Gasteiger partial charge in [0.25, 0.3) is 0 Å². The summed E-state index contributed by atoms with van der Waals surface area (Å²) in [5.74, 6) is -0.162. The molecule has 0 amide bonds. The third-order valence-corrected chi connectivity index (χ3v) is 7.46. The number of ether oxygens (including phenoxy) is 1. The highest BCUT2D eigenvalue weighted by Crippen LogP contribution is 2.64. The monoisotopic (exact) mass is 338 g/mol. The number of para-hydroxylation sites is 1. The zero-order valence-corrected chi connectivity index (χ0v) is 15.0. The van der Waals surface area contributed by atoms with E-state index in [-0.39, 0.29) is 28.8 Å². The quantitative estimate of drug-likeness (QED) is 0.665. The van der Waals surface area contributed by atoms with E-state index in [0.717, 1.165) is 32.4 Å². The van der Waals surface area contributed by atoms with Crippen molar-refractivity contribution in [2.24, 2.45) is 11.3 Å². The van der Waals surface area contributed by atoms with Gasteiger partial charge in [0.15, 0.2) is 0 Å². The molecular weight excluding hydrogens is 312 g/mol. The molecule has 0 bridgehead atoms. The first-order chi connectivity index (χ1) is 12.2. The van der Waals surface area contributed by atoms with Crippen LogP contribution in [0.2, 0.25) is 0 Å². The third-order valence-electron chi connectivity index (χ3n) is 7.46. The molecule has 1 aromatic rings. The molecule has 4 aliphatic rings. The molecule has 1 saturated carbocycles. The van der Waals surface area contributed by atoms with Crippen molar-refractivity contribution in [1.82, 2.24) is 4.90 Å². The van der Waals surface area contributed by atoms with E-state index in [4.69, 9.17) is 4.74 Å². The highest BCUT2D eigenvalue weighted by Gasteiger charge is 2.69. The summed E-state index contributed by atoms with van der Waals surface area (Å²) in [6, 6.07) is 9.30. The number of nitrogens with one attached hydrogen (secondary N) is 1. The molecule has 1 aromatic carbocycles. The predicted molar refractivity (Wildman–Crippen MR) is 97.5 cm³/mol. The van der Waals surface area contributed by atoms with Crippen LogP contribution in [0.15, 0.2) is 36.4 Å². The van der Waals surface area contributed by atoms with Crippen molar-refractivity contribution in [3.63, 3.8) is 0 Å². The third kappa shape index (κ3) is 1.74. The Morgan fingerprint density at radius 3 is 3.04 bits per heavy atom. The Kier molecular flexibility index (Phi) is 3.15. The first kappa shape index (κ1) is 15.4. The van der Waals surface area contributed by atoms with Crippen molar-refractivity contribution in [3.8, 4) is 0 Å². The Hall–Kier alpha value is -1.81. The van der Waals surface area contributed by atoms with Gasteiger partial charge in [0, 0.05) is 29.1 Å². The lowest BCUT2D eigenvalue weighted by Crippen LogP contribution is -2.66. The smallest absolute Gasteiger partial charge is 0.310 e. The van der Waals surface area contributed by atoms with Gasteiger partial charge in [0.2, 0.25) is 0 Å². The van der Waals surface area contributed by atoms with Crippen LogP contribution in [0.4, 0.5) is 5.69 Å². The molecule has 5 rings (SSSR count).